The Morgan fingerprint density at radius 1 is 1.26 bits per heavy atom. The SMILES string of the molecule is Cc1c(C(=O)Nc2ccc(F)cc2F)sc2nc3n(c(=O)c12)CCCCC3. The molecule has 8 heteroatoms. The van der Waals surface area contributed by atoms with Crippen LogP contribution in [0.3, 0.4) is 0 Å². The Balaban J connectivity index is 1.76. The molecule has 1 aliphatic heterocycles. The molecule has 4 rings (SSSR count). The maximum Gasteiger partial charge on any atom is 0.266 e. The van der Waals surface area contributed by atoms with Gasteiger partial charge in [-0.05, 0) is 37.5 Å². The lowest BCUT2D eigenvalue weighted by Crippen LogP contribution is -2.24. The number of anilines is 1. The first-order valence-electron chi connectivity index (χ1n) is 8.75. The fourth-order valence-corrected chi connectivity index (χ4v) is 4.48. The second kappa shape index (κ2) is 6.84. The molecule has 0 spiro atoms. The molecule has 1 aromatic carbocycles. The lowest BCUT2D eigenvalue weighted by Gasteiger charge is -2.08. The average molecular weight is 389 g/mol. The number of amides is 1. The number of carbonyl (C=O) groups excluding carboxylic acids is 1. The number of aryl methyl sites for hydroxylation is 2. The molecule has 0 radical (unpaired) electrons. The predicted octanol–water partition coefficient (Wildman–Crippen LogP) is 4.02. The molecule has 0 saturated heterocycles. The monoisotopic (exact) mass is 389 g/mol. The number of rotatable bonds is 2. The zero-order valence-corrected chi connectivity index (χ0v) is 15.5. The van der Waals surface area contributed by atoms with Gasteiger partial charge in [0.25, 0.3) is 11.5 Å². The van der Waals surface area contributed by atoms with E-state index in [-0.39, 0.29) is 11.2 Å². The highest BCUT2D eigenvalue weighted by Gasteiger charge is 2.22. The minimum Gasteiger partial charge on any atom is -0.319 e. The molecule has 27 heavy (non-hydrogen) atoms. The van der Waals surface area contributed by atoms with Crippen LogP contribution in [0.15, 0.2) is 23.0 Å². The summed E-state index contributed by atoms with van der Waals surface area (Å²) in [4.78, 5) is 31.0. The molecule has 0 saturated carbocycles. The molecular formula is C19H17F2N3O2S. The highest BCUT2D eigenvalue weighted by molar-refractivity contribution is 7.20. The number of hydrogen-bond donors (Lipinski definition) is 1. The number of nitrogens with zero attached hydrogens (tertiary/aromatic N) is 2. The fraction of sp³-hybridized carbons (Fsp3) is 0.316. The van der Waals surface area contributed by atoms with Crippen LogP contribution in [0.5, 0.6) is 0 Å². The Bertz CT molecular complexity index is 1120. The number of fused-ring (bicyclic) bond motifs is 2. The van der Waals surface area contributed by atoms with Crippen molar-refractivity contribution >= 4 is 33.1 Å². The van der Waals surface area contributed by atoms with E-state index in [9.17, 15) is 18.4 Å². The van der Waals surface area contributed by atoms with Crippen LogP contribution in [0.25, 0.3) is 10.2 Å². The molecule has 0 atom stereocenters. The Morgan fingerprint density at radius 2 is 2.07 bits per heavy atom. The largest absolute Gasteiger partial charge is 0.319 e. The first kappa shape index (κ1) is 17.8. The molecule has 0 fully saturated rings. The minimum atomic E-state index is -0.855. The number of nitrogens with one attached hydrogen (secondary N) is 1. The lowest BCUT2D eigenvalue weighted by atomic mass is 10.2. The van der Waals surface area contributed by atoms with Crippen LogP contribution in [0.2, 0.25) is 0 Å². The Morgan fingerprint density at radius 3 is 2.85 bits per heavy atom. The molecule has 2 aromatic heterocycles. The number of carbonyl (C=O) groups is 1. The number of aromatic nitrogens is 2. The maximum atomic E-state index is 13.8. The van der Waals surface area contributed by atoms with Crippen molar-refractivity contribution in [2.45, 2.75) is 39.2 Å². The zero-order valence-electron chi connectivity index (χ0n) is 14.6. The van der Waals surface area contributed by atoms with Gasteiger partial charge in [-0.1, -0.05) is 6.42 Å². The molecule has 0 unspecified atom stereocenters. The summed E-state index contributed by atoms with van der Waals surface area (Å²) < 4.78 is 28.6. The molecule has 3 aromatic rings. The van der Waals surface area contributed by atoms with Crippen LogP contribution >= 0.6 is 11.3 Å². The second-order valence-corrected chi connectivity index (χ2v) is 7.61. The first-order valence-corrected chi connectivity index (χ1v) is 9.56. The summed E-state index contributed by atoms with van der Waals surface area (Å²) in [5, 5.41) is 2.89. The third kappa shape index (κ3) is 3.14. The summed E-state index contributed by atoms with van der Waals surface area (Å²) in [6.07, 6.45) is 3.72. The van der Waals surface area contributed by atoms with Gasteiger partial charge < -0.3 is 5.32 Å². The van der Waals surface area contributed by atoms with Crippen molar-refractivity contribution < 1.29 is 13.6 Å². The number of hydrogen-bond acceptors (Lipinski definition) is 4. The van der Waals surface area contributed by atoms with Crippen LogP contribution < -0.4 is 10.9 Å². The van der Waals surface area contributed by atoms with E-state index in [0.29, 0.717) is 33.3 Å². The molecule has 3 heterocycles. The lowest BCUT2D eigenvalue weighted by molar-refractivity contribution is 0.102. The second-order valence-electron chi connectivity index (χ2n) is 6.61. The van der Waals surface area contributed by atoms with Crippen molar-refractivity contribution in [1.82, 2.24) is 9.55 Å². The van der Waals surface area contributed by atoms with E-state index in [4.69, 9.17) is 0 Å². The third-order valence-electron chi connectivity index (χ3n) is 4.80. The maximum absolute atomic E-state index is 13.8. The zero-order chi connectivity index (χ0) is 19.1. The van der Waals surface area contributed by atoms with Crippen molar-refractivity contribution in [2.75, 3.05) is 5.32 Å². The van der Waals surface area contributed by atoms with Crippen molar-refractivity contribution in [3.05, 3.63) is 56.5 Å². The van der Waals surface area contributed by atoms with Crippen LogP contribution in [-0.4, -0.2) is 15.5 Å². The van der Waals surface area contributed by atoms with Crippen LogP contribution in [0.1, 0.15) is 40.3 Å². The molecular weight excluding hydrogens is 372 g/mol. The van der Waals surface area contributed by atoms with Crippen molar-refractivity contribution in [1.29, 1.82) is 0 Å². The van der Waals surface area contributed by atoms with Gasteiger partial charge in [0, 0.05) is 19.0 Å². The van der Waals surface area contributed by atoms with E-state index in [0.717, 1.165) is 48.9 Å². The Labute approximate surface area is 157 Å². The standard InChI is InChI=1S/C19H17F2N3O2S/c1-10-15-18(23-14-5-3-2-4-8-24(14)19(15)26)27-16(10)17(25)22-13-7-6-11(20)9-12(13)21/h6-7,9H,2-5,8H2,1H3,(H,22,25). The molecule has 5 nitrogen and oxygen atoms in total. The van der Waals surface area contributed by atoms with E-state index < -0.39 is 17.5 Å². The number of halogens is 2. The molecule has 1 aliphatic rings. The van der Waals surface area contributed by atoms with Crippen molar-refractivity contribution in [3.8, 4) is 0 Å². The van der Waals surface area contributed by atoms with Gasteiger partial charge in [0.15, 0.2) is 0 Å². The summed E-state index contributed by atoms with van der Waals surface area (Å²) in [6.45, 7) is 2.33. The van der Waals surface area contributed by atoms with Crippen LogP contribution in [0, 0.1) is 18.6 Å². The highest BCUT2D eigenvalue weighted by atomic mass is 32.1. The van der Waals surface area contributed by atoms with Gasteiger partial charge >= 0.3 is 0 Å². The molecule has 0 bridgehead atoms. The van der Waals surface area contributed by atoms with Gasteiger partial charge in [-0.15, -0.1) is 11.3 Å². The summed E-state index contributed by atoms with van der Waals surface area (Å²) in [7, 11) is 0. The highest BCUT2D eigenvalue weighted by Crippen LogP contribution is 2.29. The van der Waals surface area contributed by atoms with Crippen molar-refractivity contribution in [3.63, 3.8) is 0 Å². The van der Waals surface area contributed by atoms with Gasteiger partial charge in [-0.25, -0.2) is 13.8 Å². The molecule has 140 valence electrons. The first-order chi connectivity index (χ1) is 13.0. The van der Waals surface area contributed by atoms with Crippen LogP contribution in [0.4, 0.5) is 14.5 Å². The normalized spacial score (nSPS) is 14.0. The van der Waals surface area contributed by atoms with Gasteiger partial charge in [0.05, 0.1) is 16.0 Å². The summed E-state index contributed by atoms with van der Waals surface area (Å²) >= 11 is 1.12. The smallest absolute Gasteiger partial charge is 0.266 e. The molecule has 1 amide bonds. The predicted molar refractivity (Wildman–Crippen MR) is 100 cm³/mol. The van der Waals surface area contributed by atoms with E-state index >= 15 is 0 Å². The van der Waals surface area contributed by atoms with Gasteiger partial charge in [0.2, 0.25) is 0 Å². The van der Waals surface area contributed by atoms with E-state index in [1.807, 2.05) is 0 Å². The Kier molecular flexibility index (Phi) is 4.51. The molecule has 0 aliphatic carbocycles. The third-order valence-corrected chi connectivity index (χ3v) is 5.98. The number of benzene rings is 1. The van der Waals surface area contributed by atoms with Gasteiger partial charge in [0.1, 0.15) is 22.3 Å². The minimum absolute atomic E-state index is 0.112. The topological polar surface area (TPSA) is 64.0 Å². The van der Waals surface area contributed by atoms with E-state index in [2.05, 4.69) is 10.3 Å². The van der Waals surface area contributed by atoms with Crippen molar-refractivity contribution in [2.24, 2.45) is 0 Å². The van der Waals surface area contributed by atoms with Gasteiger partial charge in [-0.3, -0.25) is 14.2 Å². The summed E-state index contributed by atoms with van der Waals surface area (Å²) in [5.41, 5.74) is 0.295. The van der Waals surface area contributed by atoms with E-state index in [1.54, 1.807) is 11.5 Å². The van der Waals surface area contributed by atoms with Crippen LogP contribution in [-0.2, 0) is 13.0 Å². The quantitative estimate of drug-likeness (QED) is 0.720. The fourth-order valence-electron chi connectivity index (χ4n) is 3.40. The summed E-state index contributed by atoms with van der Waals surface area (Å²) in [5.74, 6) is -1.36. The molecule has 1 N–H and O–H groups in total. The Hall–Kier alpha value is -2.61. The number of thiophene rings is 1. The van der Waals surface area contributed by atoms with E-state index in [1.165, 1.54) is 6.07 Å². The van der Waals surface area contributed by atoms with Gasteiger partial charge in [-0.2, -0.15) is 0 Å². The average Bonchev–Trinajstić information content (AvgIpc) is 2.79. The summed E-state index contributed by atoms with van der Waals surface area (Å²) in [6, 6.07) is 2.94.